The number of carbonyl (C=O) groups excluding carboxylic acids is 1. The van der Waals surface area contributed by atoms with E-state index >= 15 is 0 Å². The Bertz CT molecular complexity index is 718. The molecule has 0 saturated heterocycles. The molecule has 2 nitrogen and oxygen atoms in total. The van der Waals surface area contributed by atoms with Crippen molar-refractivity contribution in [3.05, 3.63) is 69.2 Å². The smallest absolute Gasteiger partial charge is 0.152 e. The van der Waals surface area contributed by atoms with E-state index in [1.165, 1.54) is 0 Å². The lowest BCUT2D eigenvalue weighted by Crippen LogP contribution is -2.13. The van der Waals surface area contributed by atoms with E-state index < -0.39 is 0 Å². The van der Waals surface area contributed by atoms with E-state index in [-0.39, 0.29) is 0 Å². The first kappa shape index (κ1) is 16.6. The third-order valence-electron chi connectivity index (χ3n) is 3.37. The minimum absolute atomic E-state index is 0.516. The van der Waals surface area contributed by atoms with Gasteiger partial charge in [0, 0.05) is 30.3 Å². The molecule has 0 spiro atoms. The summed E-state index contributed by atoms with van der Waals surface area (Å²) in [6.45, 7) is 2.01. The van der Waals surface area contributed by atoms with E-state index in [2.05, 4.69) is 0 Å². The van der Waals surface area contributed by atoms with Gasteiger partial charge in [-0.15, -0.1) is 0 Å². The van der Waals surface area contributed by atoms with Gasteiger partial charge in [0.05, 0.1) is 10.7 Å². The van der Waals surface area contributed by atoms with Crippen LogP contribution in [0.15, 0.2) is 42.5 Å². The van der Waals surface area contributed by atoms with E-state index in [0.29, 0.717) is 15.6 Å². The molecule has 2 rings (SSSR count). The zero-order valence-electron chi connectivity index (χ0n) is 12.7. The van der Waals surface area contributed by atoms with Gasteiger partial charge in [-0.1, -0.05) is 53.0 Å². The molecule has 0 N–H and O–H groups in total. The highest BCUT2D eigenvalue weighted by Crippen LogP contribution is 2.33. The van der Waals surface area contributed by atoms with Gasteiger partial charge in [0.15, 0.2) is 6.29 Å². The molecule has 0 saturated carbocycles. The SMILES string of the molecule is Cc1ccc(C(C=O)=C(c2ccc(Cl)cc2Cl)N(C)C)cc1. The van der Waals surface area contributed by atoms with Crippen LogP contribution in [-0.2, 0) is 4.79 Å². The molecular weight excluding hydrogens is 317 g/mol. The van der Waals surface area contributed by atoms with Crippen LogP contribution in [0.4, 0.5) is 0 Å². The second-order valence-corrected chi connectivity index (χ2v) is 6.11. The summed E-state index contributed by atoms with van der Waals surface area (Å²) in [6.07, 6.45) is 0.866. The van der Waals surface area contributed by atoms with E-state index in [0.717, 1.165) is 28.7 Å². The maximum absolute atomic E-state index is 11.7. The van der Waals surface area contributed by atoms with Crippen LogP contribution in [0.1, 0.15) is 16.7 Å². The molecule has 0 atom stereocenters. The molecule has 4 heteroatoms. The summed E-state index contributed by atoms with van der Waals surface area (Å²) < 4.78 is 0. The number of nitrogens with zero attached hydrogens (tertiary/aromatic N) is 1. The maximum atomic E-state index is 11.7. The van der Waals surface area contributed by atoms with Gasteiger partial charge in [-0.2, -0.15) is 0 Å². The van der Waals surface area contributed by atoms with Crippen LogP contribution in [0.5, 0.6) is 0 Å². The van der Waals surface area contributed by atoms with E-state index in [9.17, 15) is 4.79 Å². The predicted molar refractivity (Wildman–Crippen MR) is 94.2 cm³/mol. The Kier molecular flexibility index (Phi) is 5.28. The van der Waals surface area contributed by atoms with Crippen LogP contribution in [0.3, 0.4) is 0 Å². The number of carbonyl (C=O) groups is 1. The van der Waals surface area contributed by atoms with Crippen molar-refractivity contribution in [1.29, 1.82) is 0 Å². The third-order valence-corrected chi connectivity index (χ3v) is 3.92. The number of rotatable bonds is 4. The topological polar surface area (TPSA) is 20.3 Å². The molecule has 0 amide bonds. The molecule has 0 aliphatic heterocycles. The fourth-order valence-corrected chi connectivity index (χ4v) is 2.80. The van der Waals surface area contributed by atoms with Crippen LogP contribution in [-0.4, -0.2) is 25.3 Å². The summed E-state index contributed by atoms with van der Waals surface area (Å²) in [5, 5.41) is 1.08. The van der Waals surface area contributed by atoms with Crippen molar-refractivity contribution in [2.24, 2.45) is 0 Å². The summed E-state index contributed by atoms with van der Waals surface area (Å²) in [5.41, 5.74) is 4.13. The second-order valence-electron chi connectivity index (χ2n) is 5.26. The Morgan fingerprint density at radius 3 is 2.18 bits per heavy atom. The highest BCUT2D eigenvalue weighted by Gasteiger charge is 2.16. The number of aryl methyl sites for hydroxylation is 1. The Morgan fingerprint density at radius 1 is 1.05 bits per heavy atom. The van der Waals surface area contributed by atoms with Crippen molar-refractivity contribution in [3.63, 3.8) is 0 Å². The van der Waals surface area contributed by atoms with Crippen molar-refractivity contribution < 1.29 is 4.79 Å². The molecule has 0 fully saturated rings. The molecule has 0 bridgehead atoms. The number of halogens is 2. The third kappa shape index (κ3) is 3.52. The molecule has 0 aliphatic carbocycles. The van der Waals surface area contributed by atoms with Gasteiger partial charge in [-0.3, -0.25) is 4.79 Å². The monoisotopic (exact) mass is 333 g/mol. The van der Waals surface area contributed by atoms with E-state index in [1.807, 2.05) is 56.3 Å². The van der Waals surface area contributed by atoms with Crippen LogP contribution in [0, 0.1) is 6.92 Å². The van der Waals surface area contributed by atoms with Gasteiger partial charge in [-0.25, -0.2) is 0 Å². The van der Waals surface area contributed by atoms with Crippen LogP contribution in [0.25, 0.3) is 11.3 Å². The summed E-state index contributed by atoms with van der Waals surface area (Å²) in [7, 11) is 3.77. The van der Waals surface area contributed by atoms with Crippen LogP contribution < -0.4 is 0 Å². The molecular formula is C18H17Cl2NO. The standard InChI is InChI=1S/C18H17Cl2NO/c1-12-4-6-13(7-5-12)16(11-22)18(21(2)3)15-9-8-14(19)10-17(15)20/h4-11H,1-3H3. The minimum atomic E-state index is 0.516. The van der Waals surface area contributed by atoms with Crippen LogP contribution in [0.2, 0.25) is 10.0 Å². The Hall–Kier alpha value is -1.77. The van der Waals surface area contributed by atoms with E-state index in [1.54, 1.807) is 12.1 Å². The molecule has 2 aromatic carbocycles. The molecule has 22 heavy (non-hydrogen) atoms. The highest BCUT2D eigenvalue weighted by molar-refractivity contribution is 6.36. The number of allylic oxidation sites excluding steroid dienone is 1. The maximum Gasteiger partial charge on any atom is 0.152 e. The average molecular weight is 334 g/mol. The predicted octanol–water partition coefficient (Wildman–Crippen LogP) is 4.93. The summed E-state index contributed by atoms with van der Waals surface area (Å²) in [6, 6.07) is 13.1. The van der Waals surface area contributed by atoms with Gasteiger partial charge in [0.2, 0.25) is 0 Å². The lowest BCUT2D eigenvalue weighted by molar-refractivity contribution is -0.103. The van der Waals surface area contributed by atoms with Crippen LogP contribution >= 0.6 is 23.2 Å². The quantitative estimate of drug-likeness (QED) is 0.449. The first-order valence-corrected chi connectivity index (χ1v) is 7.59. The zero-order chi connectivity index (χ0) is 16.3. The molecule has 0 radical (unpaired) electrons. The number of hydrogen-bond acceptors (Lipinski definition) is 2. The summed E-state index contributed by atoms with van der Waals surface area (Å²) in [5.74, 6) is 0. The van der Waals surface area contributed by atoms with Crippen molar-refractivity contribution in [2.75, 3.05) is 14.1 Å². The first-order chi connectivity index (χ1) is 10.4. The van der Waals surface area contributed by atoms with Gasteiger partial charge < -0.3 is 4.90 Å². The van der Waals surface area contributed by atoms with Crippen molar-refractivity contribution >= 4 is 40.8 Å². The number of benzene rings is 2. The molecule has 0 unspecified atom stereocenters. The van der Waals surface area contributed by atoms with Crippen molar-refractivity contribution in [3.8, 4) is 0 Å². The fourth-order valence-electron chi connectivity index (χ4n) is 2.30. The molecule has 0 heterocycles. The summed E-state index contributed by atoms with van der Waals surface area (Å²) in [4.78, 5) is 13.6. The first-order valence-electron chi connectivity index (χ1n) is 6.83. The van der Waals surface area contributed by atoms with Gasteiger partial charge in [0.1, 0.15) is 0 Å². The van der Waals surface area contributed by atoms with Crippen molar-refractivity contribution in [1.82, 2.24) is 4.90 Å². The van der Waals surface area contributed by atoms with E-state index in [4.69, 9.17) is 23.2 Å². The van der Waals surface area contributed by atoms with Gasteiger partial charge in [0.25, 0.3) is 0 Å². The Morgan fingerprint density at radius 2 is 1.68 bits per heavy atom. The molecule has 0 aromatic heterocycles. The lowest BCUT2D eigenvalue weighted by Gasteiger charge is -2.21. The van der Waals surface area contributed by atoms with Gasteiger partial charge >= 0.3 is 0 Å². The summed E-state index contributed by atoms with van der Waals surface area (Å²) >= 11 is 12.3. The van der Waals surface area contributed by atoms with Gasteiger partial charge in [-0.05, 0) is 30.7 Å². The Labute approximate surface area is 141 Å². The average Bonchev–Trinajstić information content (AvgIpc) is 2.47. The second kappa shape index (κ2) is 6.99. The normalized spacial score (nSPS) is 11.9. The number of aldehydes is 1. The van der Waals surface area contributed by atoms with Crippen molar-refractivity contribution in [2.45, 2.75) is 6.92 Å². The molecule has 0 aliphatic rings. The fraction of sp³-hybridized carbons (Fsp3) is 0.167. The molecule has 114 valence electrons. The largest absolute Gasteiger partial charge is 0.377 e. The molecule has 2 aromatic rings. The number of hydrogen-bond donors (Lipinski definition) is 0. The lowest BCUT2D eigenvalue weighted by atomic mass is 9.99. The Balaban J connectivity index is 2.70. The highest BCUT2D eigenvalue weighted by atomic mass is 35.5. The zero-order valence-corrected chi connectivity index (χ0v) is 14.2. The minimum Gasteiger partial charge on any atom is -0.377 e.